The SMILES string of the molecule is CC(C)(C)OC(=O)NCC(O)(c1cc(C(C)(CF)NC(=O)OCc2ccccc2)cc(-c2ccc(F)c(Cl)c2)n1)C(F)(F)F. The number of alkyl halides is 4. The third-order valence-electron chi connectivity index (χ3n) is 6.32. The molecule has 3 aromatic rings. The van der Waals surface area contributed by atoms with Gasteiger partial charge in [0.2, 0.25) is 5.60 Å². The molecular weight excluding hydrogens is 613 g/mol. The van der Waals surface area contributed by atoms with Gasteiger partial charge in [0.15, 0.2) is 0 Å². The number of nitrogens with zero attached hydrogens (tertiary/aromatic N) is 1. The van der Waals surface area contributed by atoms with E-state index in [2.05, 4.69) is 10.3 Å². The Bertz CT molecular complexity index is 1490. The minimum atomic E-state index is -5.43. The van der Waals surface area contributed by atoms with Crippen molar-refractivity contribution in [2.24, 2.45) is 0 Å². The molecule has 0 fully saturated rings. The maximum Gasteiger partial charge on any atom is 0.424 e. The zero-order valence-electron chi connectivity index (χ0n) is 24.2. The molecule has 238 valence electrons. The number of aromatic nitrogens is 1. The molecule has 3 rings (SSSR count). The molecule has 2 unspecified atom stereocenters. The van der Waals surface area contributed by atoms with Crippen LogP contribution in [-0.4, -0.2) is 47.3 Å². The van der Waals surface area contributed by atoms with E-state index in [1.807, 2.05) is 5.32 Å². The molecule has 0 saturated heterocycles. The lowest BCUT2D eigenvalue weighted by molar-refractivity contribution is -0.265. The fourth-order valence-electron chi connectivity index (χ4n) is 3.88. The summed E-state index contributed by atoms with van der Waals surface area (Å²) in [6.07, 6.45) is -7.77. The van der Waals surface area contributed by atoms with Gasteiger partial charge in [-0.2, -0.15) is 13.2 Å². The molecule has 1 aromatic heterocycles. The van der Waals surface area contributed by atoms with Crippen LogP contribution in [0.3, 0.4) is 0 Å². The maximum absolute atomic E-state index is 14.7. The Morgan fingerprint density at radius 2 is 1.64 bits per heavy atom. The van der Waals surface area contributed by atoms with Crippen molar-refractivity contribution in [3.8, 4) is 11.3 Å². The molecule has 14 heteroatoms. The quantitative estimate of drug-likeness (QED) is 0.218. The van der Waals surface area contributed by atoms with Gasteiger partial charge in [-0.15, -0.1) is 0 Å². The van der Waals surface area contributed by atoms with Crippen molar-refractivity contribution in [1.82, 2.24) is 15.6 Å². The number of pyridine rings is 1. The lowest BCUT2D eigenvalue weighted by Crippen LogP contribution is -2.52. The molecular formula is C30H31ClF5N3O5. The Morgan fingerprint density at radius 3 is 2.20 bits per heavy atom. The summed E-state index contributed by atoms with van der Waals surface area (Å²) in [5.41, 5.74) is -7.87. The maximum atomic E-state index is 14.7. The largest absolute Gasteiger partial charge is 0.445 e. The normalized spacial score (nSPS) is 14.6. The van der Waals surface area contributed by atoms with Crippen LogP contribution in [0.1, 0.15) is 44.5 Å². The van der Waals surface area contributed by atoms with Crippen LogP contribution >= 0.6 is 11.6 Å². The summed E-state index contributed by atoms with van der Waals surface area (Å²) in [5.74, 6) is -0.823. The Hall–Kier alpha value is -3.97. The second-order valence-electron chi connectivity index (χ2n) is 11.1. The molecule has 44 heavy (non-hydrogen) atoms. The second kappa shape index (κ2) is 13.3. The molecule has 2 amide bonds. The Kier molecular flexibility index (Phi) is 10.5. The minimum Gasteiger partial charge on any atom is -0.445 e. The average Bonchev–Trinajstić information content (AvgIpc) is 2.95. The van der Waals surface area contributed by atoms with Gasteiger partial charge in [-0.1, -0.05) is 41.9 Å². The number of hydrogen-bond acceptors (Lipinski definition) is 6. The van der Waals surface area contributed by atoms with Crippen LogP contribution in [0.2, 0.25) is 5.02 Å². The predicted molar refractivity (Wildman–Crippen MR) is 152 cm³/mol. The van der Waals surface area contributed by atoms with E-state index in [9.17, 15) is 36.6 Å². The number of carbonyl (C=O) groups is 2. The van der Waals surface area contributed by atoms with Crippen molar-refractivity contribution < 1.29 is 46.1 Å². The molecule has 0 aliphatic rings. The van der Waals surface area contributed by atoms with Crippen molar-refractivity contribution in [3.05, 3.63) is 88.3 Å². The summed E-state index contributed by atoms with van der Waals surface area (Å²) in [6.45, 7) is 2.70. The number of amides is 2. The molecule has 0 saturated carbocycles. The minimum absolute atomic E-state index is 0.0111. The molecule has 0 aliphatic carbocycles. The van der Waals surface area contributed by atoms with E-state index < -0.39 is 59.8 Å². The molecule has 8 nitrogen and oxygen atoms in total. The van der Waals surface area contributed by atoms with Crippen LogP contribution in [0.4, 0.5) is 31.5 Å². The monoisotopic (exact) mass is 643 g/mol. The lowest BCUT2D eigenvalue weighted by atomic mass is 9.88. The van der Waals surface area contributed by atoms with Crippen molar-refractivity contribution >= 4 is 23.8 Å². The van der Waals surface area contributed by atoms with Gasteiger partial charge in [-0.3, -0.25) is 0 Å². The van der Waals surface area contributed by atoms with Gasteiger partial charge in [-0.05, 0) is 69.2 Å². The first-order valence-electron chi connectivity index (χ1n) is 13.2. The van der Waals surface area contributed by atoms with Crippen LogP contribution in [0.25, 0.3) is 11.3 Å². The predicted octanol–water partition coefficient (Wildman–Crippen LogP) is 6.93. The van der Waals surface area contributed by atoms with E-state index in [0.29, 0.717) is 5.56 Å². The van der Waals surface area contributed by atoms with Crippen molar-refractivity contribution in [3.63, 3.8) is 0 Å². The number of carbonyl (C=O) groups excluding carboxylic acids is 2. The zero-order valence-corrected chi connectivity index (χ0v) is 24.9. The first kappa shape index (κ1) is 34.5. The lowest BCUT2D eigenvalue weighted by Gasteiger charge is -2.33. The number of benzene rings is 2. The highest BCUT2D eigenvalue weighted by atomic mass is 35.5. The van der Waals surface area contributed by atoms with E-state index in [1.165, 1.54) is 27.7 Å². The summed E-state index contributed by atoms with van der Waals surface area (Å²) in [7, 11) is 0. The highest BCUT2D eigenvalue weighted by molar-refractivity contribution is 6.31. The van der Waals surface area contributed by atoms with Gasteiger partial charge < -0.3 is 25.2 Å². The van der Waals surface area contributed by atoms with Gasteiger partial charge >= 0.3 is 18.4 Å². The molecule has 1 heterocycles. The van der Waals surface area contributed by atoms with Gasteiger partial charge in [0, 0.05) is 5.56 Å². The summed E-state index contributed by atoms with van der Waals surface area (Å²) in [5, 5.41) is 14.9. The first-order chi connectivity index (χ1) is 20.4. The fourth-order valence-corrected chi connectivity index (χ4v) is 4.06. The van der Waals surface area contributed by atoms with Crippen LogP contribution in [0.15, 0.2) is 60.7 Å². The zero-order chi connectivity index (χ0) is 32.9. The Morgan fingerprint density at radius 1 is 0.977 bits per heavy atom. The summed E-state index contributed by atoms with van der Waals surface area (Å²) in [4.78, 5) is 28.8. The van der Waals surface area contributed by atoms with Gasteiger partial charge in [0.05, 0.1) is 28.5 Å². The van der Waals surface area contributed by atoms with Gasteiger partial charge in [-0.25, -0.2) is 23.4 Å². The van der Waals surface area contributed by atoms with Crippen LogP contribution in [0.5, 0.6) is 0 Å². The number of alkyl carbamates (subject to hydrolysis) is 2. The fraction of sp³-hybridized carbons (Fsp3) is 0.367. The number of ether oxygens (including phenoxy) is 2. The summed E-state index contributed by atoms with van der Waals surface area (Å²) < 4.78 is 82.2. The third kappa shape index (κ3) is 8.56. The molecule has 0 radical (unpaired) electrons. The Labute approximate surface area is 255 Å². The number of hydrogen-bond donors (Lipinski definition) is 3. The number of halogens is 6. The van der Waals surface area contributed by atoms with Crippen LogP contribution in [-0.2, 0) is 27.2 Å². The molecule has 0 aliphatic heterocycles. The molecule has 2 aromatic carbocycles. The molecule has 2 atom stereocenters. The average molecular weight is 644 g/mol. The molecule has 0 bridgehead atoms. The highest BCUT2D eigenvalue weighted by Crippen LogP contribution is 2.40. The first-order valence-corrected chi connectivity index (χ1v) is 13.5. The highest BCUT2D eigenvalue weighted by Gasteiger charge is 2.57. The van der Waals surface area contributed by atoms with Crippen molar-refractivity contribution in [2.45, 2.75) is 57.2 Å². The number of rotatable bonds is 9. The van der Waals surface area contributed by atoms with E-state index in [1.54, 1.807) is 30.3 Å². The summed E-state index contributed by atoms with van der Waals surface area (Å²) >= 11 is 5.89. The van der Waals surface area contributed by atoms with Crippen molar-refractivity contribution in [1.29, 1.82) is 0 Å². The third-order valence-corrected chi connectivity index (χ3v) is 6.61. The smallest absolute Gasteiger partial charge is 0.424 e. The van der Waals surface area contributed by atoms with E-state index in [0.717, 1.165) is 30.3 Å². The van der Waals surface area contributed by atoms with E-state index >= 15 is 0 Å². The van der Waals surface area contributed by atoms with E-state index in [-0.39, 0.29) is 28.5 Å². The standard InChI is InChI=1S/C30H31ClF5N3O5/c1-27(2,3)44-25(40)37-17-29(42,30(34,35)36)24-14-20(13-23(38-24)19-10-11-22(33)21(31)12-19)28(4,16-32)39-26(41)43-15-18-8-6-5-7-9-18/h5-14,42H,15-17H2,1-4H3,(H,37,40)(H,39,41). The van der Waals surface area contributed by atoms with Crippen LogP contribution < -0.4 is 10.6 Å². The van der Waals surface area contributed by atoms with Crippen LogP contribution in [0, 0.1) is 5.82 Å². The Balaban J connectivity index is 2.09. The molecule has 3 N–H and O–H groups in total. The summed E-state index contributed by atoms with van der Waals surface area (Å²) in [6, 6.07) is 13.6. The number of nitrogens with one attached hydrogen (secondary N) is 2. The second-order valence-corrected chi connectivity index (χ2v) is 11.5. The van der Waals surface area contributed by atoms with Gasteiger partial charge in [0.25, 0.3) is 0 Å². The van der Waals surface area contributed by atoms with Crippen molar-refractivity contribution in [2.75, 3.05) is 13.2 Å². The van der Waals surface area contributed by atoms with E-state index in [4.69, 9.17) is 21.1 Å². The molecule has 0 spiro atoms. The van der Waals surface area contributed by atoms with Gasteiger partial charge in [0.1, 0.15) is 24.7 Å². The topological polar surface area (TPSA) is 110 Å². The number of aliphatic hydroxyl groups is 1.